The van der Waals surface area contributed by atoms with Gasteiger partial charge in [-0.15, -0.1) is 0 Å². The highest BCUT2D eigenvalue weighted by atomic mass is 33.1. The van der Waals surface area contributed by atoms with Crippen LogP contribution in [0, 0.1) is 11.8 Å². The number of rotatable bonds is 9. The molecule has 14 heteroatoms. The average molecular weight is 779 g/mol. The lowest BCUT2D eigenvalue weighted by molar-refractivity contribution is -0.186. The van der Waals surface area contributed by atoms with Crippen LogP contribution in [0.4, 0.5) is 0 Å². The Labute approximate surface area is 323 Å². The molecule has 5 atom stereocenters. The zero-order valence-electron chi connectivity index (χ0n) is 31.1. The van der Waals surface area contributed by atoms with Crippen LogP contribution in [0.3, 0.4) is 0 Å². The minimum absolute atomic E-state index is 0.0377. The number of nitrogens with zero attached hydrogens (tertiary/aromatic N) is 1. The van der Waals surface area contributed by atoms with Crippen LogP contribution in [0.5, 0.6) is 5.75 Å². The number of allylic oxidation sites excluding steroid dienone is 2. The number of benzene rings is 1. The number of aliphatic hydroxyl groups excluding tert-OH is 2. The second kappa shape index (κ2) is 15.8. The predicted molar refractivity (Wildman–Crippen MR) is 211 cm³/mol. The number of aryl methyl sites for hydroxylation is 1. The first-order chi connectivity index (χ1) is 26.0. The summed E-state index contributed by atoms with van der Waals surface area (Å²) in [5.74, 6) is 1.95. The number of hydrogen-bond donors (Lipinski definition) is 5. The van der Waals surface area contributed by atoms with Gasteiger partial charge >= 0.3 is 11.6 Å². The molecule has 0 radical (unpaired) electrons. The van der Waals surface area contributed by atoms with E-state index in [1.165, 1.54) is 0 Å². The minimum atomic E-state index is -1.23. The van der Waals surface area contributed by atoms with E-state index in [0.717, 1.165) is 40.0 Å². The molecule has 5 unspecified atom stereocenters. The van der Waals surface area contributed by atoms with E-state index >= 15 is 0 Å². The van der Waals surface area contributed by atoms with Crippen molar-refractivity contribution >= 4 is 44.4 Å². The normalized spacial score (nSPS) is 28.3. The standard InChI is InChI=1S/C40H50N4O8S2/c1-4-23(8-11-46)38(49)52-39(2)9-7-25-21-53-54-22-31-29(18-42-3)20-44(31)35(47)14-28-19-43-34(41)15-30(28)36(25)40(39)17-27-13-26-12-24(6-5-10-45)37(48)50-32(26)16-33(27)51-40/h4,7,12-13,15-16,29,31,36,42-43,45-46H,5-6,8-11,14,17-22,41H2,1-3H3. The van der Waals surface area contributed by atoms with Crippen molar-refractivity contribution in [3.63, 3.8) is 0 Å². The zero-order valence-corrected chi connectivity index (χ0v) is 32.7. The number of hydrogen-bond acceptors (Lipinski definition) is 13. The van der Waals surface area contributed by atoms with E-state index in [2.05, 4.69) is 16.7 Å². The number of aliphatic hydroxyl groups is 2. The van der Waals surface area contributed by atoms with E-state index in [4.69, 9.17) is 19.6 Å². The highest BCUT2D eigenvalue weighted by molar-refractivity contribution is 8.76. The maximum absolute atomic E-state index is 14.1. The van der Waals surface area contributed by atoms with Gasteiger partial charge in [-0.25, -0.2) is 9.59 Å². The van der Waals surface area contributed by atoms with E-state index in [1.807, 2.05) is 37.1 Å². The first-order valence-electron chi connectivity index (χ1n) is 18.7. The summed E-state index contributed by atoms with van der Waals surface area (Å²) in [6, 6.07) is 5.69. The van der Waals surface area contributed by atoms with Gasteiger partial charge in [0, 0.05) is 98.2 Å². The molecule has 1 amide bonds. The maximum Gasteiger partial charge on any atom is 0.339 e. The van der Waals surface area contributed by atoms with Crippen molar-refractivity contribution in [3.05, 3.63) is 86.1 Å². The first kappa shape index (κ1) is 38.6. The Kier molecular flexibility index (Phi) is 11.3. The van der Waals surface area contributed by atoms with Gasteiger partial charge in [0.1, 0.15) is 11.3 Å². The minimum Gasteiger partial charge on any atom is -0.481 e. The van der Waals surface area contributed by atoms with Crippen LogP contribution in [0.25, 0.3) is 11.0 Å². The van der Waals surface area contributed by atoms with Gasteiger partial charge < -0.3 is 45.4 Å². The summed E-state index contributed by atoms with van der Waals surface area (Å²) >= 11 is 0. The summed E-state index contributed by atoms with van der Waals surface area (Å²) in [4.78, 5) is 43.0. The molecular weight excluding hydrogens is 729 g/mol. The largest absolute Gasteiger partial charge is 0.481 e. The Bertz CT molecular complexity index is 2010. The van der Waals surface area contributed by atoms with Gasteiger partial charge in [-0.1, -0.05) is 39.3 Å². The summed E-state index contributed by atoms with van der Waals surface area (Å²) in [5, 5.41) is 26.5. The summed E-state index contributed by atoms with van der Waals surface area (Å²) in [5.41, 5.74) is 8.62. The van der Waals surface area contributed by atoms with Crippen LogP contribution in [0.2, 0.25) is 0 Å². The molecule has 4 aliphatic heterocycles. The molecule has 1 aromatic carbocycles. The second-order valence-electron chi connectivity index (χ2n) is 15.0. The molecule has 1 spiro atoms. The lowest BCUT2D eigenvalue weighted by atomic mass is 9.61. The van der Waals surface area contributed by atoms with Crippen LogP contribution in [0.1, 0.15) is 50.7 Å². The molecule has 6 N–H and O–H groups in total. The third kappa shape index (κ3) is 7.00. The molecule has 1 saturated heterocycles. The van der Waals surface area contributed by atoms with Crippen LogP contribution in [-0.4, -0.2) is 95.6 Å². The Morgan fingerprint density at radius 1 is 1.22 bits per heavy atom. The van der Waals surface area contributed by atoms with Gasteiger partial charge in [-0.2, -0.15) is 0 Å². The van der Waals surface area contributed by atoms with Crippen molar-refractivity contribution in [1.29, 1.82) is 0 Å². The molecule has 54 heavy (non-hydrogen) atoms. The van der Waals surface area contributed by atoms with Crippen molar-refractivity contribution in [3.8, 4) is 5.75 Å². The van der Waals surface area contributed by atoms with Crippen molar-refractivity contribution in [2.24, 2.45) is 17.6 Å². The number of carbonyl (C=O) groups excluding carboxylic acids is 2. The Hall–Kier alpha value is -3.69. The monoisotopic (exact) mass is 778 g/mol. The fourth-order valence-electron chi connectivity index (χ4n) is 8.78. The van der Waals surface area contributed by atoms with Gasteiger partial charge in [0.2, 0.25) is 5.91 Å². The molecule has 1 fully saturated rings. The van der Waals surface area contributed by atoms with Gasteiger partial charge in [0.15, 0.2) is 11.2 Å². The lowest BCUT2D eigenvalue weighted by Gasteiger charge is -2.53. The van der Waals surface area contributed by atoms with E-state index in [0.29, 0.717) is 78.7 Å². The number of nitrogens with one attached hydrogen (secondary N) is 2. The smallest absolute Gasteiger partial charge is 0.339 e. The van der Waals surface area contributed by atoms with Crippen molar-refractivity contribution in [2.45, 2.75) is 69.6 Å². The van der Waals surface area contributed by atoms with Crippen LogP contribution in [0.15, 0.2) is 73.8 Å². The topological polar surface area (TPSA) is 177 Å². The lowest BCUT2D eigenvalue weighted by Crippen LogP contribution is -2.65. The molecule has 290 valence electrons. The fourth-order valence-corrected chi connectivity index (χ4v) is 11.3. The van der Waals surface area contributed by atoms with Crippen LogP contribution < -0.4 is 26.7 Å². The molecule has 1 aromatic heterocycles. The van der Waals surface area contributed by atoms with E-state index < -0.39 is 28.7 Å². The molecule has 5 aliphatic rings. The number of ether oxygens (including phenoxy) is 2. The quantitative estimate of drug-likeness (QED) is 0.0823. The fraction of sp³-hybridized carbons (Fsp3) is 0.525. The number of esters is 1. The molecule has 1 aliphatic carbocycles. The first-order valence-corrected chi connectivity index (χ1v) is 21.2. The molecule has 0 bridgehead atoms. The van der Waals surface area contributed by atoms with E-state index in [1.54, 1.807) is 40.7 Å². The third-order valence-electron chi connectivity index (χ3n) is 11.7. The molecule has 0 saturated carbocycles. The zero-order chi connectivity index (χ0) is 38.2. The van der Waals surface area contributed by atoms with Gasteiger partial charge in [-0.05, 0) is 68.7 Å². The molecule has 12 nitrogen and oxygen atoms in total. The van der Waals surface area contributed by atoms with Crippen molar-refractivity contribution < 1.29 is 33.7 Å². The number of fused-ring (bicyclic) bond motifs is 6. The number of amides is 1. The van der Waals surface area contributed by atoms with Crippen LogP contribution >= 0.6 is 21.6 Å². The van der Waals surface area contributed by atoms with E-state index in [-0.39, 0.29) is 38.0 Å². The average Bonchev–Trinajstić information content (AvgIpc) is 3.51. The number of nitrogens with two attached hydrogens (primary N) is 1. The van der Waals surface area contributed by atoms with Crippen LogP contribution in [-0.2, 0) is 27.2 Å². The van der Waals surface area contributed by atoms with Gasteiger partial charge in [-0.3, -0.25) is 4.79 Å². The highest BCUT2D eigenvalue weighted by Crippen LogP contribution is 2.57. The number of dihydropyridines is 1. The summed E-state index contributed by atoms with van der Waals surface area (Å²) in [7, 11) is 5.47. The summed E-state index contributed by atoms with van der Waals surface area (Å²) < 4.78 is 19.6. The Balaban J connectivity index is 1.38. The molecular formula is C40H50N4O8S2. The van der Waals surface area contributed by atoms with Gasteiger partial charge in [0.25, 0.3) is 0 Å². The predicted octanol–water partition coefficient (Wildman–Crippen LogP) is 3.50. The summed E-state index contributed by atoms with van der Waals surface area (Å²) in [6.07, 6.45) is 7.65. The maximum atomic E-state index is 14.1. The summed E-state index contributed by atoms with van der Waals surface area (Å²) in [6.45, 7) is 5.37. The van der Waals surface area contributed by atoms with Gasteiger partial charge in [0.05, 0.1) is 18.2 Å². The molecule has 2 aromatic rings. The van der Waals surface area contributed by atoms with E-state index in [9.17, 15) is 24.6 Å². The highest BCUT2D eigenvalue weighted by Gasteiger charge is 2.64. The van der Waals surface area contributed by atoms with Crippen molar-refractivity contribution in [2.75, 3.05) is 51.4 Å². The van der Waals surface area contributed by atoms with Crippen molar-refractivity contribution in [1.82, 2.24) is 15.5 Å². The second-order valence-corrected chi connectivity index (χ2v) is 17.6. The molecule has 7 rings (SSSR count). The molecule has 5 heterocycles. The third-order valence-corrected chi connectivity index (χ3v) is 14.1. The SMILES string of the molecule is CC=C(CCO)C(=O)OC1(C)CC=C2CSSCC3C(CNC)CN3C(=O)CC3=C(C=C(N)NC3)C2C12Cc1cc3cc(CCCO)c(=O)oc3cc1O2. The Morgan fingerprint density at radius 3 is 2.81 bits per heavy atom. The Morgan fingerprint density at radius 2 is 2.06 bits per heavy atom. The number of carbonyl (C=O) groups is 2.